The number of anilines is 1. The van der Waals surface area contributed by atoms with E-state index in [1.165, 1.54) is 6.20 Å². The molecule has 0 atom stereocenters. The van der Waals surface area contributed by atoms with Crippen LogP contribution in [0.3, 0.4) is 0 Å². The normalized spacial score (nSPS) is 11.3. The summed E-state index contributed by atoms with van der Waals surface area (Å²) in [6, 6.07) is 5.06. The van der Waals surface area contributed by atoms with Crippen molar-refractivity contribution in [2.24, 2.45) is 10.9 Å². The molecule has 1 heterocycles. The van der Waals surface area contributed by atoms with Gasteiger partial charge in [-0.1, -0.05) is 17.3 Å². The van der Waals surface area contributed by atoms with Crippen LogP contribution < -0.4 is 11.1 Å². The van der Waals surface area contributed by atoms with E-state index in [4.69, 9.17) is 10.9 Å². The van der Waals surface area contributed by atoms with Crippen LogP contribution in [0.2, 0.25) is 0 Å². The molecule has 0 spiro atoms. The lowest BCUT2D eigenvalue weighted by Crippen LogP contribution is -2.16. The minimum atomic E-state index is -0.395. The average Bonchev–Trinajstić information content (AvgIpc) is 2.94. The number of nitrogens with one attached hydrogen (secondary N) is 2. The van der Waals surface area contributed by atoms with Gasteiger partial charge in [0.05, 0.1) is 6.20 Å². The fourth-order valence-electron chi connectivity index (χ4n) is 1.47. The van der Waals surface area contributed by atoms with Gasteiger partial charge in [-0.25, -0.2) is 0 Å². The van der Waals surface area contributed by atoms with Crippen molar-refractivity contribution in [1.29, 1.82) is 0 Å². The molecule has 98 valence electrons. The predicted octanol–water partition coefficient (Wildman–Crippen LogP) is 0.460. The number of carbonyl (C=O) groups is 1. The second-order valence-electron chi connectivity index (χ2n) is 3.82. The maximum atomic E-state index is 11.8. The maximum Gasteiger partial charge on any atom is 0.277 e. The van der Waals surface area contributed by atoms with Gasteiger partial charge in [0.25, 0.3) is 5.91 Å². The summed E-state index contributed by atoms with van der Waals surface area (Å²) < 4.78 is 0. The third-order valence-electron chi connectivity index (χ3n) is 2.54. The van der Waals surface area contributed by atoms with E-state index in [9.17, 15) is 4.79 Å². The van der Waals surface area contributed by atoms with Crippen molar-refractivity contribution >= 4 is 17.4 Å². The number of H-pyrrole nitrogens is 1. The molecular weight excluding hydrogens is 248 g/mol. The van der Waals surface area contributed by atoms with Gasteiger partial charge in [0.15, 0.2) is 11.5 Å². The van der Waals surface area contributed by atoms with Crippen LogP contribution in [0.4, 0.5) is 5.69 Å². The molecule has 0 aliphatic rings. The Labute approximate surface area is 108 Å². The first kappa shape index (κ1) is 12.6. The third kappa shape index (κ3) is 2.68. The number of carbonyl (C=O) groups excluding carboxylic acids is 1. The highest BCUT2D eigenvalue weighted by atomic mass is 16.4. The number of rotatable bonds is 3. The Hall–Kier alpha value is -2.90. The Balaban J connectivity index is 2.27. The van der Waals surface area contributed by atoms with Gasteiger partial charge in [-0.15, -0.1) is 0 Å². The number of aromatic nitrogens is 3. The Morgan fingerprint density at radius 1 is 1.53 bits per heavy atom. The topological polar surface area (TPSA) is 129 Å². The zero-order valence-electron chi connectivity index (χ0n) is 10.1. The monoisotopic (exact) mass is 260 g/mol. The van der Waals surface area contributed by atoms with Gasteiger partial charge in [-0.05, 0) is 18.6 Å². The minimum absolute atomic E-state index is 0.0306. The number of hydrogen-bond donors (Lipinski definition) is 4. The summed E-state index contributed by atoms with van der Waals surface area (Å²) in [4.78, 5) is 11.8. The zero-order chi connectivity index (χ0) is 13.8. The van der Waals surface area contributed by atoms with Crippen molar-refractivity contribution in [2.45, 2.75) is 6.92 Å². The van der Waals surface area contributed by atoms with E-state index in [0.29, 0.717) is 11.3 Å². The standard InChI is InChI=1S/C11H12N6O2/c1-6-2-3-7(10(12)16-19)4-8(6)14-11(18)9-5-13-17-15-9/h2-5,19H,1H3,(H2,12,16)(H,14,18)(H,13,15,17). The first-order valence-electron chi connectivity index (χ1n) is 5.37. The summed E-state index contributed by atoms with van der Waals surface area (Å²) in [5, 5.41) is 23.8. The second-order valence-corrected chi connectivity index (χ2v) is 3.82. The number of aromatic amines is 1. The molecular formula is C11H12N6O2. The number of amidine groups is 1. The molecule has 19 heavy (non-hydrogen) atoms. The predicted molar refractivity (Wildman–Crippen MR) is 68.0 cm³/mol. The van der Waals surface area contributed by atoms with Crippen LogP contribution in [0.15, 0.2) is 29.6 Å². The number of nitrogens with two attached hydrogens (primary N) is 1. The van der Waals surface area contributed by atoms with E-state index in [1.54, 1.807) is 18.2 Å². The highest BCUT2D eigenvalue weighted by molar-refractivity contribution is 6.04. The lowest BCUT2D eigenvalue weighted by Gasteiger charge is -2.09. The number of nitrogens with zero attached hydrogens (tertiary/aromatic N) is 3. The van der Waals surface area contributed by atoms with Crippen LogP contribution in [-0.2, 0) is 0 Å². The molecule has 0 unspecified atom stereocenters. The summed E-state index contributed by atoms with van der Waals surface area (Å²) in [6.07, 6.45) is 1.32. The second kappa shape index (κ2) is 5.17. The summed E-state index contributed by atoms with van der Waals surface area (Å²) in [7, 11) is 0. The highest BCUT2D eigenvalue weighted by Crippen LogP contribution is 2.17. The molecule has 2 aromatic rings. The van der Waals surface area contributed by atoms with E-state index in [0.717, 1.165) is 5.56 Å². The molecule has 0 bridgehead atoms. The summed E-state index contributed by atoms with van der Waals surface area (Å²) in [5.41, 5.74) is 7.57. The van der Waals surface area contributed by atoms with Crippen LogP contribution in [0.1, 0.15) is 21.6 Å². The van der Waals surface area contributed by atoms with E-state index >= 15 is 0 Å². The quantitative estimate of drug-likeness (QED) is 0.276. The molecule has 0 radical (unpaired) electrons. The first-order chi connectivity index (χ1) is 9.11. The molecule has 0 saturated carbocycles. The molecule has 5 N–H and O–H groups in total. The maximum absolute atomic E-state index is 11.8. The fourth-order valence-corrected chi connectivity index (χ4v) is 1.47. The number of aryl methyl sites for hydroxylation is 1. The molecule has 2 rings (SSSR count). The Morgan fingerprint density at radius 3 is 2.95 bits per heavy atom. The molecule has 0 fully saturated rings. The van der Waals surface area contributed by atoms with Crippen molar-refractivity contribution in [2.75, 3.05) is 5.32 Å². The van der Waals surface area contributed by atoms with Crippen LogP contribution in [0.5, 0.6) is 0 Å². The first-order valence-corrected chi connectivity index (χ1v) is 5.37. The van der Waals surface area contributed by atoms with Crippen molar-refractivity contribution in [3.05, 3.63) is 41.2 Å². The van der Waals surface area contributed by atoms with E-state index < -0.39 is 5.91 Å². The number of oxime groups is 1. The Morgan fingerprint density at radius 2 is 2.32 bits per heavy atom. The van der Waals surface area contributed by atoms with Gasteiger partial charge >= 0.3 is 0 Å². The Bertz CT molecular complexity index is 620. The molecule has 8 nitrogen and oxygen atoms in total. The van der Waals surface area contributed by atoms with Crippen molar-refractivity contribution in [3.8, 4) is 0 Å². The number of benzene rings is 1. The van der Waals surface area contributed by atoms with Crippen LogP contribution in [-0.4, -0.2) is 32.4 Å². The lowest BCUT2D eigenvalue weighted by atomic mass is 10.1. The van der Waals surface area contributed by atoms with Crippen molar-refractivity contribution < 1.29 is 10.0 Å². The fraction of sp³-hybridized carbons (Fsp3) is 0.0909. The molecule has 0 aliphatic heterocycles. The van der Waals surface area contributed by atoms with Crippen LogP contribution >= 0.6 is 0 Å². The smallest absolute Gasteiger partial charge is 0.277 e. The number of hydrogen-bond acceptors (Lipinski definition) is 5. The van der Waals surface area contributed by atoms with Gasteiger partial charge in [0.1, 0.15) is 0 Å². The third-order valence-corrected chi connectivity index (χ3v) is 2.54. The van der Waals surface area contributed by atoms with Gasteiger partial charge in [-0.3, -0.25) is 4.79 Å². The largest absolute Gasteiger partial charge is 0.409 e. The molecule has 1 aromatic carbocycles. The van der Waals surface area contributed by atoms with Crippen molar-refractivity contribution in [1.82, 2.24) is 15.4 Å². The highest BCUT2D eigenvalue weighted by Gasteiger charge is 2.11. The molecule has 0 aliphatic carbocycles. The summed E-state index contributed by atoms with van der Waals surface area (Å²) in [5.74, 6) is -0.426. The van der Waals surface area contributed by atoms with Crippen LogP contribution in [0, 0.1) is 6.92 Å². The van der Waals surface area contributed by atoms with Gasteiger partial charge in [0, 0.05) is 11.3 Å². The van der Waals surface area contributed by atoms with Gasteiger partial charge in [-0.2, -0.15) is 15.4 Å². The molecule has 1 aromatic heterocycles. The van der Waals surface area contributed by atoms with Gasteiger partial charge in [0.2, 0.25) is 0 Å². The molecule has 0 saturated heterocycles. The summed E-state index contributed by atoms with van der Waals surface area (Å²) >= 11 is 0. The molecule has 1 amide bonds. The minimum Gasteiger partial charge on any atom is -0.409 e. The van der Waals surface area contributed by atoms with Crippen LogP contribution in [0.25, 0.3) is 0 Å². The average molecular weight is 260 g/mol. The van der Waals surface area contributed by atoms with Gasteiger partial charge < -0.3 is 16.3 Å². The summed E-state index contributed by atoms with van der Waals surface area (Å²) in [6.45, 7) is 1.83. The van der Waals surface area contributed by atoms with E-state index in [-0.39, 0.29) is 11.5 Å². The Kier molecular flexibility index (Phi) is 3.42. The van der Waals surface area contributed by atoms with E-state index in [1.807, 2.05) is 6.92 Å². The van der Waals surface area contributed by atoms with Crippen molar-refractivity contribution in [3.63, 3.8) is 0 Å². The van der Waals surface area contributed by atoms with E-state index in [2.05, 4.69) is 25.9 Å². The number of amides is 1. The lowest BCUT2D eigenvalue weighted by molar-refractivity contribution is 0.102. The molecule has 8 heteroatoms. The SMILES string of the molecule is Cc1ccc(C(N)=NO)cc1NC(=O)c1cn[nH]n1. The zero-order valence-corrected chi connectivity index (χ0v) is 10.1.